The molecule has 1 unspecified atom stereocenters. The minimum atomic E-state index is 0.797. The highest BCUT2D eigenvalue weighted by Gasteiger charge is 2.19. The Bertz CT molecular complexity index is 97.0. The van der Waals surface area contributed by atoms with Crippen molar-refractivity contribution < 1.29 is 0 Å². The normalized spacial score (nSPS) is 21.3. The van der Waals surface area contributed by atoms with Crippen LogP contribution in [0.4, 0.5) is 0 Å². The van der Waals surface area contributed by atoms with E-state index in [4.69, 9.17) is 0 Å². The van der Waals surface area contributed by atoms with Crippen LogP contribution in [-0.2, 0) is 0 Å². The van der Waals surface area contributed by atoms with E-state index in [1.807, 2.05) is 0 Å². The van der Waals surface area contributed by atoms with E-state index in [9.17, 15) is 0 Å². The average Bonchev–Trinajstić information content (AvgIpc) is 1.94. The molecule has 66 valence electrons. The summed E-state index contributed by atoms with van der Waals surface area (Å²) in [6.45, 7) is 4.55. The van der Waals surface area contributed by atoms with Gasteiger partial charge in [0.1, 0.15) is 0 Å². The molecule has 0 spiro atoms. The zero-order valence-electron chi connectivity index (χ0n) is 7.90. The van der Waals surface area contributed by atoms with Crippen LogP contribution in [0.1, 0.15) is 52.4 Å². The fraction of sp³-hybridized carbons (Fsp3) is 1.00. The van der Waals surface area contributed by atoms with Gasteiger partial charge in [0.05, 0.1) is 0 Å². The van der Waals surface area contributed by atoms with E-state index in [1.54, 1.807) is 0 Å². The van der Waals surface area contributed by atoms with Crippen LogP contribution in [0.3, 0.4) is 0 Å². The van der Waals surface area contributed by atoms with Crippen molar-refractivity contribution in [3.05, 3.63) is 0 Å². The van der Waals surface area contributed by atoms with Crippen molar-refractivity contribution >= 4 is 0 Å². The summed E-state index contributed by atoms with van der Waals surface area (Å²) in [4.78, 5) is 0. The number of hydrogen-bond donors (Lipinski definition) is 1. The molecule has 0 saturated heterocycles. The fourth-order valence-corrected chi connectivity index (χ4v) is 1.66. The lowest BCUT2D eigenvalue weighted by atomic mass is 9.91. The van der Waals surface area contributed by atoms with Gasteiger partial charge in [-0.15, -0.1) is 0 Å². The summed E-state index contributed by atoms with van der Waals surface area (Å²) in [6, 6.07) is 1.66. The van der Waals surface area contributed by atoms with E-state index in [2.05, 4.69) is 19.2 Å². The van der Waals surface area contributed by atoms with E-state index >= 15 is 0 Å². The first-order valence-electron chi connectivity index (χ1n) is 5.12. The van der Waals surface area contributed by atoms with E-state index in [1.165, 1.54) is 38.5 Å². The molecule has 1 aliphatic carbocycles. The molecule has 0 radical (unpaired) electrons. The zero-order valence-corrected chi connectivity index (χ0v) is 7.90. The summed E-state index contributed by atoms with van der Waals surface area (Å²) in [7, 11) is 0. The van der Waals surface area contributed by atoms with Crippen molar-refractivity contribution in [2.45, 2.75) is 64.5 Å². The third-order valence-corrected chi connectivity index (χ3v) is 2.71. The van der Waals surface area contributed by atoms with Crippen LogP contribution in [0.2, 0.25) is 0 Å². The van der Waals surface area contributed by atoms with Gasteiger partial charge in [-0.05, 0) is 25.7 Å². The van der Waals surface area contributed by atoms with Gasteiger partial charge < -0.3 is 5.32 Å². The van der Waals surface area contributed by atoms with Gasteiger partial charge in [-0.1, -0.05) is 26.7 Å². The maximum atomic E-state index is 3.70. The molecule has 1 saturated carbocycles. The van der Waals surface area contributed by atoms with Crippen LogP contribution >= 0.6 is 0 Å². The van der Waals surface area contributed by atoms with Crippen molar-refractivity contribution in [1.29, 1.82) is 0 Å². The molecule has 1 N–H and O–H groups in total. The lowest BCUT2D eigenvalue weighted by Gasteiger charge is -2.31. The Kier molecular flexibility index (Phi) is 3.92. The predicted octanol–water partition coefficient (Wildman–Crippen LogP) is 2.71. The molecule has 0 aliphatic heterocycles. The van der Waals surface area contributed by atoms with Gasteiger partial charge in [0.25, 0.3) is 0 Å². The van der Waals surface area contributed by atoms with Gasteiger partial charge in [-0.2, -0.15) is 0 Å². The molecule has 1 aliphatic rings. The largest absolute Gasteiger partial charge is 0.311 e. The molecule has 1 nitrogen and oxygen atoms in total. The molecule has 1 rings (SSSR count). The Hall–Kier alpha value is -0.0400. The van der Waals surface area contributed by atoms with Crippen LogP contribution in [0.5, 0.6) is 0 Å². The Morgan fingerprint density at radius 1 is 1.36 bits per heavy atom. The highest BCUT2D eigenvalue weighted by molar-refractivity contribution is 4.79. The van der Waals surface area contributed by atoms with E-state index < -0.39 is 0 Å². The molecule has 0 amide bonds. The van der Waals surface area contributed by atoms with E-state index in [0.717, 1.165) is 12.1 Å². The highest BCUT2D eigenvalue weighted by Crippen LogP contribution is 2.19. The SMILES string of the molecule is CCCC(CC)NC1CCC1. The van der Waals surface area contributed by atoms with Crippen LogP contribution in [0.15, 0.2) is 0 Å². The monoisotopic (exact) mass is 155 g/mol. The summed E-state index contributed by atoms with van der Waals surface area (Å²) in [6.07, 6.45) is 8.25. The third-order valence-electron chi connectivity index (χ3n) is 2.71. The lowest BCUT2D eigenvalue weighted by molar-refractivity contribution is 0.291. The topological polar surface area (TPSA) is 12.0 Å². The minimum absolute atomic E-state index is 0.797. The van der Waals surface area contributed by atoms with Crippen LogP contribution in [-0.4, -0.2) is 12.1 Å². The van der Waals surface area contributed by atoms with E-state index in [0.29, 0.717) is 0 Å². The maximum Gasteiger partial charge on any atom is 0.00696 e. The molecule has 0 aromatic rings. The van der Waals surface area contributed by atoms with Gasteiger partial charge in [0.2, 0.25) is 0 Å². The van der Waals surface area contributed by atoms with Crippen LogP contribution in [0.25, 0.3) is 0 Å². The number of hydrogen-bond acceptors (Lipinski definition) is 1. The molecule has 0 bridgehead atoms. The molecule has 1 fully saturated rings. The predicted molar refractivity (Wildman–Crippen MR) is 49.8 cm³/mol. The standard InChI is InChI=1S/C10H21N/c1-3-6-9(4-2)11-10-7-5-8-10/h9-11H,3-8H2,1-2H3. The first-order chi connectivity index (χ1) is 5.36. The summed E-state index contributed by atoms with van der Waals surface area (Å²) in [5, 5.41) is 3.70. The second kappa shape index (κ2) is 4.76. The molecular weight excluding hydrogens is 134 g/mol. The van der Waals surface area contributed by atoms with Gasteiger partial charge >= 0.3 is 0 Å². The molecule has 1 heteroatoms. The van der Waals surface area contributed by atoms with Crippen molar-refractivity contribution in [2.75, 3.05) is 0 Å². The highest BCUT2D eigenvalue weighted by atomic mass is 15.0. The van der Waals surface area contributed by atoms with Crippen LogP contribution < -0.4 is 5.32 Å². The quantitative estimate of drug-likeness (QED) is 0.643. The second-order valence-corrected chi connectivity index (χ2v) is 3.69. The second-order valence-electron chi connectivity index (χ2n) is 3.69. The molecule has 0 heterocycles. The van der Waals surface area contributed by atoms with E-state index in [-0.39, 0.29) is 0 Å². The van der Waals surface area contributed by atoms with Gasteiger partial charge in [0, 0.05) is 12.1 Å². The molecule has 0 aromatic heterocycles. The first kappa shape index (κ1) is 9.05. The fourth-order valence-electron chi connectivity index (χ4n) is 1.66. The molecule has 11 heavy (non-hydrogen) atoms. The smallest absolute Gasteiger partial charge is 0.00696 e. The van der Waals surface area contributed by atoms with Crippen molar-refractivity contribution in [3.63, 3.8) is 0 Å². The minimum Gasteiger partial charge on any atom is -0.311 e. The number of rotatable bonds is 5. The van der Waals surface area contributed by atoms with Gasteiger partial charge in [0.15, 0.2) is 0 Å². The molecular formula is C10H21N. The number of nitrogens with one attached hydrogen (secondary N) is 1. The van der Waals surface area contributed by atoms with Gasteiger partial charge in [-0.25, -0.2) is 0 Å². The van der Waals surface area contributed by atoms with Crippen LogP contribution in [0, 0.1) is 0 Å². The Morgan fingerprint density at radius 3 is 2.45 bits per heavy atom. The molecule has 1 atom stereocenters. The summed E-state index contributed by atoms with van der Waals surface area (Å²) in [5.74, 6) is 0. The molecule has 0 aromatic carbocycles. The Morgan fingerprint density at radius 2 is 2.09 bits per heavy atom. The van der Waals surface area contributed by atoms with Gasteiger partial charge in [-0.3, -0.25) is 0 Å². The average molecular weight is 155 g/mol. The lowest BCUT2D eigenvalue weighted by Crippen LogP contribution is -2.41. The third kappa shape index (κ3) is 2.82. The summed E-state index contributed by atoms with van der Waals surface area (Å²) < 4.78 is 0. The first-order valence-corrected chi connectivity index (χ1v) is 5.12. The summed E-state index contributed by atoms with van der Waals surface area (Å²) in [5.41, 5.74) is 0. The zero-order chi connectivity index (χ0) is 8.10. The summed E-state index contributed by atoms with van der Waals surface area (Å²) >= 11 is 0. The Balaban J connectivity index is 2.08. The maximum absolute atomic E-state index is 3.70. The van der Waals surface area contributed by atoms with Crippen molar-refractivity contribution in [3.8, 4) is 0 Å². The Labute approximate surface area is 70.6 Å². The van der Waals surface area contributed by atoms with Crippen molar-refractivity contribution in [1.82, 2.24) is 5.32 Å². The van der Waals surface area contributed by atoms with Crippen molar-refractivity contribution in [2.24, 2.45) is 0 Å².